The topological polar surface area (TPSA) is 60.0 Å². The molecule has 1 aliphatic rings. The number of benzene rings is 1. The fourth-order valence-electron chi connectivity index (χ4n) is 3.29. The van der Waals surface area contributed by atoms with E-state index in [9.17, 15) is 4.79 Å². The maximum absolute atomic E-state index is 12.8. The molecule has 164 valence electrons. The van der Waals surface area contributed by atoms with Gasteiger partial charge in [0.1, 0.15) is 11.4 Å². The number of anilines is 1. The molecule has 1 unspecified atom stereocenters. The summed E-state index contributed by atoms with van der Waals surface area (Å²) in [5.74, 6) is 0.736. The van der Waals surface area contributed by atoms with E-state index in [0.717, 1.165) is 76.4 Å². The van der Waals surface area contributed by atoms with Crippen LogP contribution in [0.15, 0.2) is 24.3 Å². The maximum Gasteiger partial charge on any atom is 0.256 e. The Morgan fingerprint density at radius 2 is 1.83 bits per heavy atom. The van der Waals surface area contributed by atoms with Crippen molar-refractivity contribution in [3.05, 3.63) is 24.3 Å². The van der Waals surface area contributed by atoms with E-state index in [1.165, 1.54) is 0 Å². The van der Waals surface area contributed by atoms with Crippen molar-refractivity contribution in [2.24, 2.45) is 0 Å². The lowest BCUT2D eigenvalue weighted by molar-refractivity contribution is -0.140. The van der Waals surface area contributed by atoms with Gasteiger partial charge in [0.15, 0.2) is 0 Å². The smallest absolute Gasteiger partial charge is 0.256 e. The molecule has 1 atom stereocenters. The Hall–Kier alpha value is -1.63. The lowest BCUT2D eigenvalue weighted by Crippen LogP contribution is -2.43. The largest absolute Gasteiger partial charge is 0.494 e. The summed E-state index contributed by atoms with van der Waals surface area (Å²) >= 11 is 0. The number of rotatable bonds is 13. The Balaban J connectivity index is 1.78. The van der Waals surface area contributed by atoms with Crippen molar-refractivity contribution >= 4 is 11.6 Å². The van der Waals surface area contributed by atoms with Crippen LogP contribution in [-0.2, 0) is 14.3 Å². The monoisotopic (exact) mass is 406 g/mol. The first-order valence-electron chi connectivity index (χ1n) is 11.1. The molecule has 0 spiro atoms. The molecule has 0 radical (unpaired) electrons. The summed E-state index contributed by atoms with van der Waals surface area (Å²) in [6.45, 7) is 12.0. The fraction of sp³-hybridized carbons (Fsp3) is 0.696. The quantitative estimate of drug-likeness (QED) is 0.500. The predicted octanol–water partition coefficient (Wildman–Crippen LogP) is 4.10. The molecule has 1 N–H and O–H groups in total. The van der Waals surface area contributed by atoms with Crippen LogP contribution in [0.1, 0.15) is 52.9 Å². The lowest BCUT2D eigenvalue weighted by atomic mass is 9.97. The second kappa shape index (κ2) is 12.8. The van der Waals surface area contributed by atoms with Crippen LogP contribution in [-0.4, -0.2) is 62.5 Å². The summed E-state index contributed by atoms with van der Waals surface area (Å²) in [6, 6.07) is 7.58. The molecule has 1 saturated heterocycles. The van der Waals surface area contributed by atoms with Gasteiger partial charge in [0.2, 0.25) is 0 Å². The molecule has 0 bridgehead atoms. The van der Waals surface area contributed by atoms with Crippen LogP contribution < -0.4 is 10.1 Å². The zero-order chi connectivity index (χ0) is 21.0. The third-order valence-electron chi connectivity index (χ3n) is 5.22. The average molecular weight is 407 g/mol. The fourth-order valence-corrected chi connectivity index (χ4v) is 3.29. The predicted molar refractivity (Wildman–Crippen MR) is 117 cm³/mol. The van der Waals surface area contributed by atoms with Crippen LogP contribution in [0.2, 0.25) is 0 Å². The minimum absolute atomic E-state index is 0.0846. The Labute approximate surface area is 175 Å². The van der Waals surface area contributed by atoms with E-state index < -0.39 is 5.60 Å². The highest BCUT2D eigenvalue weighted by Crippen LogP contribution is 2.23. The third-order valence-corrected chi connectivity index (χ3v) is 5.22. The summed E-state index contributed by atoms with van der Waals surface area (Å²) in [5.41, 5.74) is -0.0285. The molecule has 1 aliphatic heterocycles. The molecular weight excluding hydrogens is 368 g/mol. The number of carbonyl (C=O) groups excluding carboxylic acids is 1. The van der Waals surface area contributed by atoms with Gasteiger partial charge in [-0.2, -0.15) is 0 Å². The molecule has 0 aliphatic carbocycles. The van der Waals surface area contributed by atoms with Crippen molar-refractivity contribution in [1.29, 1.82) is 0 Å². The van der Waals surface area contributed by atoms with Crippen LogP contribution in [0.4, 0.5) is 5.69 Å². The molecule has 0 saturated carbocycles. The van der Waals surface area contributed by atoms with E-state index >= 15 is 0 Å². The molecule has 1 heterocycles. The molecule has 1 fully saturated rings. The summed E-state index contributed by atoms with van der Waals surface area (Å²) in [5, 5.41) is 3.00. The molecule has 1 amide bonds. The van der Waals surface area contributed by atoms with Gasteiger partial charge >= 0.3 is 0 Å². The highest BCUT2D eigenvalue weighted by Gasteiger charge is 2.33. The van der Waals surface area contributed by atoms with Gasteiger partial charge in [0, 0.05) is 31.9 Å². The molecular formula is C23H38N2O4. The summed E-state index contributed by atoms with van der Waals surface area (Å²) in [7, 11) is 0. The van der Waals surface area contributed by atoms with Crippen LogP contribution in [0.25, 0.3) is 0 Å². The molecule has 1 aromatic carbocycles. The van der Waals surface area contributed by atoms with E-state index in [2.05, 4.69) is 24.1 Å². The standard InChI is InChI=1S/C23H38N2O4/c1-4-6-12-23(3,29-16-5-2)22(26)24-20-8-10-21(11-9-20)28-17-7-13-25-14-18-27-19-15-25/h8-11H,4-7,12-19H2,1-3H3,(H,24,26). The number of hydrogen-bond acceptors (Lipinski definition) is 5. The van der Waals surface area contributed by atoms with Crippen molar-refractivity contribution in [2.45, 2.75) is 58.5 Å². The second-order valence-corrected chi connectivity index (χ2v) is 7.82. The van der Waals surface area contributed by atoms with Gasteiger partial charge in [0.05, 0.1) is 19.8 Å². The van der Waals surface area contributed by atoms with Gasteiger partial charge in [-0.15, -0.1) is 0 Å². The first kappa shape index (κ1) is 23.6. The highest BCUT2D eigenvalue weighted by atomic mass is 16.5. The van der Waals surface area contributed by atoms with Crippen LogP contribution in [0.3, 0.4) is 0 Å². The van der Waals surface area contributed by atoms with Crippen molar-refractivity contribution < 1.29 is 19.0 Å². The SMILES string of the molecule is CCCCC(C)(OCCC)C(=O)Nc1ccc(OCCCN2CCOCC2)cc1. The number of nitrogens with zero attached hydrogens (tertiary/aromatic N) is 1. The minimum atomic E-state index is -0.791. The van der Waals surface area contributed by atoms with Crippen molar-refractivity contribution in [1.82, 2.24) is 4.90 Å². The molecule has 1 aromatic rings. The van der Waals surface area contributed by atoms with E-state index in [0.29, 0.717) is 13.2 Å². The van der Waals surface area contributed by atoms with Crippen molar-refractivity contribution in [3.8, 4) is 5.75 Å². The average Bonchev–Trinajstić information content (AvgIpc) is 2.75. The highest BCUT2D eigenvalue weighted by molar-refractivity contribution is 5.97. The number of hydrogen-bond donors (Lipinski definition) is 1. The number of unbranched alkanes of at least 4 members (excludes halogenated alkanes) is 1. The molecule has 29 heavy (non-hydrogen) atoms. The van der Waals surface area contributed by atoms with Crippen LogP contribution >= 0.6 is 0 Å². The first-order valence-corrected chi connectivity index (χ1v) is 11.1. The number of carbonyl (C=O) groups is 1. The van der Waals surface area contributed by atoms with E-state index in [-0.39, 0.29) is 5.91 Å². The normalized spacial score (nSPS) is 16.9. The van der Waals surface area contributed by atoms with Gasteiger partial charge in [-0.3, -0.25) is 9.69 Å². The van der Waals surface area contributed by atoms with E-state index in [1.54, 1.807) is 0 Å². The zero-order valence-corrected chi connectivity index (χ0v) is 18.4. The number of ether oxygens (including phenoxy) is 3. The zero-order valence-electron chi connectivity index (χ0n) is 18.4. The Kier molecular flexibility index (Phi) is 10.5. The maximum atomic E-state index is 12.8. The summed E-state index contributed by atoms with van der Waals surface area (Å²) in [6.07, 6.45) is 4.61. The third kappa shape index (κ3) is 8.33. The number of morpholine rings is 1. The Morgan fingerprint density at radius 3 is 2.48 bits per heavy atom. The molecule has 0 aromatic heterocycles. The second-order valence-electron chi connectivity index (χ2n) is 7.82. The number of amides is 1. The van der Waals surface area contributed by atoms with E-state index in [4.69, 9.17) is 14.2 Å². The number of nitrogens with one attached hydrogen (secondary N) is 1. The van der Waals surface area contributed by atoms with Gasteiger partial charge in [-0.05, 0) is 50.5 Å². The first-order chi connectivity index (χ1) is 14.1. The van der Waals surface area contributed by atoms with Gasteiger partial charge in [0.25, 0.3) is 5.91 Å². The molecule has 2 rings (SSSR count). The van der Waals surface area contributed by atoms with Crippen molar-refractivity contribution in [3.63, 3.8) is 0 Å². The van der Waals surface area contributed by atoms with Gasteiger partial charge < -0.3 is 19.5 Å². The Morgan fingerprint density at radius 1 is 1.10 bits per heavy atom. The lowest BCUT2D eigenvalue weighted by Gasteiger charge is -2.28. The summed E-state index contributed by atoms with van der Waals surface area (Å²) in [4.78, 5) is 15.2. The Bertz CT molecular complexity index is 577. The van der Waals surface area contributed by atoms with Gasteiger partial charge in [-0.25, -0.2) is 0 Å². The van der Waals surface area contributed by atoms with Gasteiger partial charge in [-0.1, -0.05) is 26.7 Å². The molecule has 6 heteroatoms. The van der Waals surface area contributed by atoms with Crippen molar-refractivity contribution in [2.75, 3.05) is 51.4 Å². The van der Waals surface area contributed by atoms with Crippen LogP contribution in [0.5, 0.6) is 5.75 Å². The molecule has 6 nitrogen and oxygen atoms in total. The van der Waals surface area contributed by atoms with Crippen LogP contribution in [0, 0.1) is 0 Å². The van der Waals surface area contributed by atoms with E-state index in [1.807, 2.05) is 31.2 Å². The summed E-state index contributed by atoms with van der Waals surface area (Å²) < 4.78 is 17.1. The minimum Gasteiger partial charge on any atom is -0.494 e.